The van der Waals surface area contributed by atoms with Crippen molar-refractivity contribution in [1.82, 2.24) is 4.90 Å². The molecule has 1 fully saturated rings. The second-order valence-electron chi connectivity index (χ2n) is 6.02. The molecule has 1 saturated heterocycles. The van der Waals surface area contributed by atoms with Crippen LogP contribution in [0, 0.1) is 0 Å². The van der Waals surface area contributed by atoms with E-state index < -0.39 is 9.84 Å². The SMILES string of the molecule is CC1(C)COCCN1CCS(=O)(=O)c1ccc(CN)cc1. The average molecular weight is 312 g/mol. The van der Waals surface area contributed by atoms with Gasteiger partial charge in [0.15, 0.2) is 9.84 Å². The number of rotatable bonds is 5. The maximum Gasteiger partial charge on any atom is 0.179 e. The first-order chi connectivity index (χ1) is 9.85. The molecule has 0 saturated carbocycles. The Balaban J connectivity index is 2.03. The molecule has 1 aromatic carbocycles. The van der Waals surface area contributed by atoms with Gasteiger partial charge in [-0.25, -0.2) is 8.42 Å². The van der Waals surface area contributed by atoms with Crippen molar-refractivity contribution in [3.05, 3.63) is 29.8 Å². The van der Waals surface area contributed by atoms with Crippen LogP contribution < -0.4 is 5.73 Å². The van der Waals surface area contributed by atoms with Crippen LogP contribution >= 0.6 is 0 Å². The van der Waals surface area contributed by atoms with E-state index in [0.29, 0.717) is 31.2 Å². The molecule has 1 aliphatic rings. The van der Waals surface area contributed by atoms with Crippen LogP contribution in [0.15, 0.2) is 29.2 Å². The Labute approximate surface area is 127 Å². The first-order valence-electron chi connectivity index (χ1n) is 7.20. The van der Waals surface area contributed by atoms with Gasteiger partial charge in [-0.3, -0.25) is 4.90 Å². The lowest BCUT2D eigenvalue weighted by Crippen LogP contribution is -2.54. The van der Waals surface area contributed by atoms with Crippen molar-refractivity contribution in [2.75, 3.05) is 32.1 Å². The zero-order chi connectivity index (χ0) is 15.5. The molecular weight excluding hydrogens is 288 g/mol. The highest BCUT2D eigenvalue weighted by atomic mass is 32.2. The molecular formula is C15H24N2O3S. The monoisotopic (exact) mass is 312 g/mol. The van der Waals surface area contributed by atoms with Gasteiger partial charge in [-0.05, 0) is 31.5 Å². The van der Waals surface area contributed by atoms with Crippen LogP contribution in [0.1, 0.15) is 19.4 Å². The molecule has 0 radical (unpaired) electrons. The first-order valence-corrected chi connectivity index (χ1v) is 8.85. The number of benzene rings is 1. The fourth-order valence-electron chi connectivity index (χ4n) is 2.49. The number of ether oxygens (including phenoxy) is 1. The van der Waals surface area contributed by atoms with E-state index in [1.165, 1.54) is 0 Å². The third kappa shape index (κ3) is 4.03. The molecule has 2 rings (SSSR count). The maximum absolute atomic E-state index is 12.4. The van der Waals surface area contributed by atoms with Crippen LogP contribution in [-0.4, -0.2) is 50.9 Å². The van der Waals surface area contributed by atoms with Crippen molar-refractivity contribution >= 4 is 9.84 Å². The molecule has 2 N–H and O–H groups in total. The van der Waals surface area contributed by atoms with Crippen LogP contribution in [0.2, 0.25) is 0 Å². The van der Waals surface area contributed by atoms with Crippen LogP contribution in [0.4, 0.5) is 0 Å². The van der Waals surface area contributed by atoms with Gasteiger partial charge in [-0.15, -0.1) is 0 Å². The van der Waals surface area contributed by atoms with E-state index in [1.54, 1.807) is 24.3 Å². The summed E-state index contributed by atoms with van der Waals surface area (Å²) in [6.45, 7) is 7.17. The predicted molar refractivity (Wildman–Crippen MR) is 82.9 cm³/mol. The van der Waals surface area contributed by atoms with E-state index in [1.807, 2.05) is 0 Å². The fourth-order valence-corrected chi connectivity index (χ4v) is 3.73. The largest absolute Gasteiger partial charge is 0.378 e. The summed E-state index contributed by atoms with van der Waals surface area (Å²) >= 11 is 0. The fraction of sp³-hybridized carbons (Fsp3) is 0.600. The molecule has 0 aromatic heterocycles. The molecule has 1 aromatic rings. The Morgan fingerprint density at radius 2 is 1.95 bits per heavy atom. The van der Waals surface area contributed by atoms with E-state index in [4.69, 9.17) is 10.5 Å². The van der Waals surface area contributed by atoms with Crippen molar-refractivity contribution in [1.29, 1.82) is 0 Å². The summed E-state index contributed by atoms with van der Waals surface area (Å²) in [6, 6.07) is 6.82. The smallest absolute Gasteiger partial charge is 0.179 e. The van der Waals surface area contributed by atoms with Gasteiger partial charge in [0.1, 0.15) is 0 Å². The molecule has 6 heteroatoms. The lowest BCUT2D eigenvalue weighted by molar-refractivity contribution is -0.0477. The summed E-state index contributed by atoms with van der Waals surface area (Å²) in [5.74, 6) is 0.123. The zero-order valence-corrected chi connectivity index (χ0v) is 13.5. The Morgan fingerprint density at radius 3 is 2.52 bits per heavy atom. The second kappa shape index (κ2) is 6.44. The summed E-state index contributed by atoms with van der Waals surface area (Å²) in [5.41, 5.74) is 6.35. The average Bonchev–Trinajstić information content (AvgIpc) is 2.46. The molecule has 5 nitrogen and oxygen atoms in total. The van der Waals surface area contributed by atoms with Gasteiger partial charge < -0.3 is 10.5 Å². The molecule has 118 valence electrons. The van der Waals surface area contributed by atoms with Crippen molar-refractivity contribution in [3.63, 3.8) is 0 Å². The Bertz CT molecular complexity index is 567. The molecule has 0 unspecified atom stereocenters. The van der Waals surface area contributed by atoms with Crippen molar-refractivity contribution in [2.45, 2.75) is 30.8 Å². The summed E-state index contributed by atoms with van der Waals surface area (Å²) in [7, 11) is -3.26. The predicted octanol–water partition coefficient (Wildman–Crippen LogP) is 1.03. The normalized spacial score (nSPS) is 19.6. The molecule has 0 atom stereocenters. The molecule has 0 amide bonds. The zero-order valence-electron chi connectivity index (χ0n) is 12.7. The topological polar surface area (TPSA) is 72.6 Å². The van der Waals surface area contributed by atoms with Gasteiger partial charge in [0, 0.05) is 25.2 Å². The van der Waals surface area contributed by atoms with Crippen LogP contribution in [0.5, 0.6) is 0 Å². The number of hydrogen-bond donors (Lipinski definition) is 1. The Kier molecular flexibility index (Phi) is 5.03. The number of nitrogens with two attached hydrogens (primary N) is 1. The van der Waals surface area contributed by atoms with Gasteiger partial charge in [0.05, 0.1) is 23.9 Å². The van der Waals surface area contributed by atoms with E-state index in [9.17, 15) is 8.42 Å². The second-order valence-corrected chi connectivity index (χ2v) is 8.13. The highest BCUT2D eigenvalue weighted by molar-refractivity contribution is 7.91. The lowest BCUT2D eigenvalue weighted by Gasteiger charge is -2.42. The minimum Gasteiger partial charge on any atom is -0.378 e. The molecule has 1 aliphatic heterocycles. The van der Waals surface area contributed by atoms with Gasteiger partial charge in [-0.1, -0.05) is 12.1 Å². The van der Waals surface area contributed by atoms with E-state index in [0.717, 1.165) is 12.1 Å². The van der Waals surface area contributed by atoms with Crippen LogP contribution in [-0.2, 0) is 21.1 Å². The summed E-state index contributed by atoms with van der Waals surface area (Å²) in [6.07, 6.45) is 0. The molecule has 21 heavy (non-hydrogen) atoms. The standard InChI is InChI=1S/C15H24N2O3S/c1-15(2)12-20-9-7-17(15)8-10-21(18,19)14-5-3-13(11-16)4-6-14/h3-6H,7-12,16H2,1-2H3. The number of nitrogens with zero attached hydrogens (tertiary/aromatic N) is 1. The third-order valence-corrected chi connectivity index (χ3v) is 5.68. The highest BCUT2D eigenvalue weighted by Gasteiger charge is 2.31. The maximum atomic E-state index is 12.4. The molecule has 0 spiro atoms. The van der Waals surface area contributed by atoms with Crippen molar-refractivity contribution in [2.24, 2.45) is 5.73 Å². The number of sulfone groups is 1. The molecule has 0 aliphatic carbocycles. The Morgan fingerprint density at radius 1 is 1.29 bits per heavy atom. The van der Waals surface area contributed by atoms with Crippen molar-refractivity contribution < 1.29 is 13.2 Å². The minimum absolute atomic E-state index is 0.114. The van der Waals surface area contributed by atoms with Gasteiger partial charge in [0.25, 0.3) is 0 Å². The summed E-state index contributed by atoms with van der Waals surface area (Å²) < 4.78 is 30.2. The van der Waals surface area contributed by atoms with Gasteiger partial charge in [0.2, 0.25) is 0 Å². The van der Waals surface area contributed by atoms with E-state index in [2.05, 4.69) is 18.7 Å². The van der Waals surface area contributed by atoms with Crippen molar-refractivity contribution in [3.8, 4) is 0 Å². The van der Waals surface area contributed by atoms with E-state index in [-0.39, 0.29) is 11.3 Å². The lowest BCUT2D eigenvalue weighted by atomic mass is 10.0. The van der Waals surface area contributed by atoms with Crippen LogP contribution in [0.3, 0.4) is 0 Å². The first kappa shape index (κ1) is 16.4. The third-order valence-electron chi connectivity index (χ3n) is 3.96. The van der Waals surface area contributed by atoms with Gasteiger partial charge >= 0.3 is 0 Å². The minimum atomic E-state index is -3.26. The highest BCUT2D eigenvalue weighted by Crippen LogP contribution is 2.20. The number of hydrogen-bond acceptors (Lipinski definition) is 5. The molecule has 1 heterocycles. The van der Waals surface area contributed by atoms with E-state index >= 15 is 0 Å². The van der Waals surface area contributed by atoms with Gasteiger partial charge in [-0.2, -0.15) is 0 Å². The van der Waals surface area contributed by atoms with Crippen LogP contribution in [0.25, 0.3) is 0 Å². The molecule has 0 bridgehead atoms. The summed E-state index contributed by atoms with van der Waals surface area (Å²) in [5, 5.41) is 0. The quantitative estimate of drug-likeness (QED) is 0.879. The Hall–Kier alpha value is -0.950. The number of morpholine rings is 1. The summed E-state index contributed by atoms with van der Waals surface area (Å²) in [4.78, 5) is 2.55.